The Kier molecular flexibility index (Phi) is 4.69. The van der Waals surface area contributed by atoms with E-state index in [9.17, 15) is 4.79 Å². The minimum Gasteiger partial charge on any atom is -0.302 e. The van der Waals surface area contributed by atoms with Crippen molar-refractivity contribution in [2.45, 2.75) is 26.3 Å². The number of carbonyl (C=O) groups is 1. The van der Waals surface area contributed by atoms with Gasteiger partial charge in [-0.3, -0.25) is 4.79 Å². The second kappa shape index (κ2) is 6.10. The molecule has 2 rings (SSSR count). The van der Waals surface area contributed by atoms with Crippen molar-refractivity contribution in [3.8, 4) is 0 Å². The summed E-state index contributed by atoms with van der Waals surface area (Å²) in [6.07, 6.45) is 1.25. The molecular weight excluding hydrogens is 254 g/mol. The molecule has 1 aliphatic heterocycles. The lowest BCUT2D eigenvalue weighted by molar-refractivity contribution is 0.0759. The molecule has 1 saturated heterocycles. The molecule has 0 radical (unpaired) electrons. The molecule has 1 aromatic rings. The van der Waals surface area contributed by atoms with Gasteiger partial charge in [0.25, 0.3) is 0 Å². The zero-order valence-electron chi connectivity index (χ0n) is 12.1. The normalized spacial score (nSPS) is 19.9. The van der Waals surface area contributed by atoms with E-state index in [0.717, 1.165) is 12.1 Å². The summed E-state index contributed by atoms with van der Waals surface area (Å²) in [4.78, 5) is 14.9. The second-order valence-electron chi connectivity index (χ2n) is 6.01. The highest BCUT2D eigenvalue weighted by Gasteiger charge is 2.32. The summed E-state index contributed by atoms with van der Waals surface area (Å²) in [7, 11) is 2.15. The van der Waals surface area contributed by atoms with Gasteiger partial charge in [0, 0.05) is 29.3 Å². The number of nitrogens with zero attached hydrogens (tertiary/aromatic N) is 1. The fourth-order valence-corrected chi connectivity index (χ4v) is 3.97. The van der Waals surface area contributed by atoms with E-state index < -0.39 is 0 Å². The minimum absolute atomic E-state index is 0.241. The number of ketones is 1. The molecule has 1 aliphatic rings. The first-order valence-electron chi connectivity index (χ1n) is 6.88. The van der Waals surface area contributed by atoms with Crippen molar-refractivity contribution in [3.05, 3.63) is 35.9 Å². The van der Waals surface area contributed by atoms with Gasteiger partial charge in [-0.05, 0) is 19.2 Å². The Hall–Kier alpha value is -0.800. The van der Waals surface area contributed by atoms with Crippen molar-refractivity contribution in [2.75, 3.05) is 25.1 Å². The Balaban J connectivity index is 2.03. The lowest BCUT2D eigenvalue weighted by atomic mass is 9.83. The molecule has 1 heterocycles. The van der Waals surface area contributed by atoms with Crippen molar-refractivity contribution < 1.29 is 4.79 Å². The van der Waals surface area contributed by atoms with E-state index in [1.165, 1.54) is 17.9 Å². The molecule has 1 fully saturated rings. The number of rotatable bonds is 5. The zero-order valence-corrected chi connectivity index (χ0v) is 12.9. The van der Waals surface area contributed by atoms with Gasteiger partial charge in [-0.15, -0.1) is 0 Å². The molecule has 2 nitrogen and oxygen atoms in total. The summed E-state index contributed by atoms with van der Waals surface area (Å²) < 4.78 is 0. The van der Waals surface area contributed by atoms with E-state index in [1.807, 2.05) is 42.1 Å². The Bertz CT molecular complexity index is 424. The molecule has 0 spiro atoms. The van der Waals surface area contributed by atoms with Crippen LogP contribution in [-0.2, 0) is 0 Å². The van der Waals surface area contributed by atoms with Gasteiger partial charge in [0.15, 0.2) is 5.78 Å². The summed E-state index contributed by atoms with van der Waals surface area (Å²) in [5.41, 5.74) is 0.491. The summed E-state index contributed by atoms with van der Waals surface area (Å²) in [5, 5.41) is 0. The van der Waals surface area contributed by atoms with Gasteiger partial charge in [0.05, 0.1) is 0 Å². The maximum absolute atomic E-state index is 12.6. The van der Waals surface area contributed by atoms with E-state index in [0.29, 0.717) is 6.04 Å². The lowest BCUT2D eigenvalue weighted by Gasteiger charge is -2.32. The van der Waals surface area contributed by atoms with Crippen molar-refractivity contribution >= 4 is 17.5 Å². The smallest absolute Gasteiger partial charge is 0.169 e. The molecule has 1 unspecified atom stereocenters. The molecule has 0 amide bonds. The number of Topliss-reactive ketones (excluding diaryl/α,β-unsaturated/α-hetero) is 1. The molecule has 1 atom stereocenters. The number of benzene rings is 1. The third-order valence-corrected chi connectivity index (χ3v) is 4.97. The van der Waals surface area contributed by atoms with E-state index in [-0.39, 0.29) is 11.2 Å². The fourth-order valence-electron chi connectivity index (χ4n) is 2.67. The van der Waals surface area contributed by atoms with Gasteiger partial charge >= 0.3 is 0 Å². The molecule has 3 heteroatoms. The first kappa shape index (κ1) is 14.6. The van der Waals surface area contributed by atoms with Crippen LogP contribution in [0.1, 0.15) is 30.6 Å². The molecule has 0 N–H and O–H groups in total. The monoisotopic (exact) mass is 277 g/mol. The highest BCUT2D eigenvalue weighted by atomic mass is 32.2. The quantitative estimate of drug-likeness (QED) is 0.770. The summed E-state index contributed by atoms with van der Waals surface area (Å²) in [5.74, 6) is 2.69. The maximum Gasteiger partial charge on any atom is 0.169 e. The maximum atomic E-state index is 12.6. The van der Waals surface area contributed by atoms with Crippen molar-refractivity contribution in [1.82, 2.24) is 4.90 Å². The predicted octanol–water partition coefficient (Wildman–Crippen LogP) is 3.33. The van der Waals surface area contributed by atoms with E-state index in [4.69, 9.17) is 0 Å². The highest BCUT2D eigenvalue weighted by Crippen LogP contribution is 2.27. The van der Waals surface area contributed by atoms with Crippen LogP contribution in [0, 0.1) is 5.41 Å². The second-order valence-corrected chi connectivity index (χ2v) is 7.16. The first-order chi connectivity index (χ1) is 9.00. The van der Waals surface area contributed by atoms with Crippen molar-refractivity contribution in [3.63, 3.8) is 0 Å². The average Bonchev–Trinajstić information content (AvgIpc) is 2.92. The van der Waals surface area contributed by atoms with Gasteiger partial charge in [0.1, 0.15) is 0 Å². The van der Waals surface area contributed by atoms with E-state index in [1.54, 1.807) is 0 Å². The molecule has 1 aromatic carbocycles. The van der Waals surface area contributed by atoms with Gasteiger partial charge in [-0.25, -0.2) is 0 Å². The van der Waals surface area contributed by atoms with Crippen LogP contribution in [0.25, 0.3) is 0 Å². The van der Waals surface area contributed by atoms with Crippen LogP contribution >= 0.6 is 11.8 Å². The van der Waals surface area contributed by atoms with Crippen LogP contribution in [-0.4, -0.2) is 41.8 Å². The molecule has 0 saturated carbocycles. The van der Waals surface area contributed by atoms with Crippen LogP contribution in [0.2, 0.25) is 0 Å². The van der Waals surface area contributed by atoms with Gasteiger partial charge in [0.2, 0.25) is 0 Å². The molecule has 0 aliphatic carbocycles. The lowest BCUT2D eigenvalue weighted by Crippen LogP contribution is -2.42. The third-order valence-electron chi connectivity index (χ3n) is 3.82. The Morgan fingerprint density at radius 3 is 2.63 bits per heavy atom. The third kappa shape index (κ3) is 3.61. The predicted molar refractivity (Wildman–Crippen MR) is 82.9 cm³/mol. The van der Waals surface area contributed by atoms with Gasteiger partial charge in [-0.1, -0.05) is 44.2 Å². The molecular formula is C16H23NOS. The summed E-state index contributed by atoms with van der Waals surface area (Å²) in [6.45, 7) is 4.94. The molecule has 0 aromatic heterocycles. The minimum atomic E-state index is -0.330. The number of hydrogen-bond donors (Lipinski definition) is 0. The van der Waals surface area contributed by atoms with Crippen LogP contribution in [0.3, 0.4) is 0 Å². The SMILES string of the molecule is CN(CC(C)(C)C(=O)c1ccccc1)C1CCSC1. The average molecular weight is 277 g/mol. The Labute approximate surface area is 120 Å². The standard InChI is InChI=1S/C16H23NOS/c1-16(2,12-17(3)14-9-10-19-11-14)15(18)13-7-5-4-6-8-13/h4-8,14H,9-12H2,1-3H3. The molecule has 104 valence electrons. The topological polar surface area (TPSA) is 20.3 Å². The summed E-state index contributed by atoms with van der Waals surface area (Å²) in [6, 6.07) is 10.3. The van der Waals surface area contributed by atoms with Crippen LogP contribution in [0.15, 0.2) is 30.3 Å². The summed E-state index contributed by atoms with van der Waals surface area (Å²) >= 11 is 2.01. The number of thioether (sulfide) groups is 1. The first-order valence-corrected chi connectivity index (χ1v) is 8.04. The van der Waals surface area contributed by atoms with Gasteiger partial charge < -0.3 is 4.90 Å². The van der Waals surface area contributed by atoms with E-state index in [2.05, 4.69) is 25.8 Å². The zero-order chi connectivity index (χ0) is 13.9. The van der Waals surface area contributed by atoms with E-state index >= 15 is 0 Å². The molecule has 0 bridgehead atoms. The molecule has 19 heavy (non-hydrogen) atoms. The Morgan fingerprint density at radius 2 is 2.05 bits per heavy atom. The largest absolute Gasteiger partial charge is 0.302 e. The highest BCUT2D eigenvalue weighted by molar-refractivity contribution is 7.99. The van der Waals surface area contributed by atoms with Crippen molar-refractivity contribution in [1.29, 1.82) is 0 Å². The fraction of sp³-hybridized carbons (Fsp3) is 0.562. The van der Waals surface area contributed by atoms with Crippen LogP contribution < -0.4 is 0 Å². The van der Waals surface area contributed by atoms with Gasteiger partial charge in [-0.2, -0.15) is 11.8 Å². The Morgan fingerprint density at radius 1 is 1.37 bits per heavy atom. The van der Waals surface area contributed by atoms with Crippen LogP contribution in [0.4, 0.5) is 0 Å². The van der Waals surface area contributed by atoms with Crippen molar-refractivity contribution in [2.24, 2.45) is 5.41 Å². The number of carbonyl (C=O) groups excluding carboxylic acids is 1. The number of hydrogen-bond acceptors (Lipinski definition) is 3. The van der Waals surface area contributed by atoms with Crippen LogP contribution in [0.5, 0.6) is 0 Å².